The average molecular weight is 338 g/mol. The summed E-state index contributed by atoms with van der Waals surface area (Å²) in [4.78, 5) is 4.57. The number of hydrogen-bond acceptors (Lipinski definition) is 5. The van der Waals surface area contributed by atoms with Gasteiger partial charge in [-0.05, 0) is 51.5 Å². The maximum absolute atomic E-state index is 5.63. The van der Waals surface area contributed by atoms with E-state index in [-0.39, 0.29) is 0 Å². The number of pyridine rings is 1. The van der Waals surface area contributed by atoms with Gasteiger partial charge < -0.3 is 9.47 Å². The number of hydrogen-bond donors (Lipinski definition) is 0. The monoisotopic (exact) mass is 338 g/mol. The van der Waals surface area contributed by atoms with E-state index in [0.29, 0.717) is 30.4 Å². The fourth-order valence-corrected chi connectivity index (χ4v) is 2.63. The summed E-state index contributed by atoms with van der Waals surface area (Å²) in [5.41, 5.74) is 3.55. The van der Waals surface area contributed by atoms with Crippen molar-refractivity contribution in [2.24, 2.45) is 10.2 Å². The van der Waals surface area contributed by atoms with Crippen LogP contribution in [0, 0.1) is 13.8 Å². The van der Waals surface area contributed by atoms with Crippen molar-refractivity contribution in [1.29, 1.82) is 0 Å². The van der Waals surface area contributed by atoms with E-state index < -0.39 is 0 Å². The van der Waals surface area contributed by atoms with Crippen LogP contribution in [-0.4, -0.2) is 22.6 Å². The second kappa shape index (κ2) is 7.34. The molecule has 0 saturated carbocycles. The molecule has 0 radical (unpaired) electrons. The van der Waals surface area contributed by atoms with Crippen molar-refractivity contribution in [2.75, 3.05) is 13.2 Å². The molecule has 3 rings (SSSR count). The van der Waals surface area contributed by atoms with Crippen molar-refractivity contribution in [1.82, 2.24) is 9.38 Å². The third-order valence-electron chi connectivity index (χ3n) is 3.77. The molecule has 0 amide bonds. The largest absolute Gasteiger partial charge is 0.490 e. The summed E-state index contributed by atoms with van der Waals surface area (Å²) in [6.07, 6.45) is 1.94. The zero-order chi connectivity index (χ0) is 17.8. The molecular weight excluding hydrogens is 316 g/mol. The fraction of sp³-hybridized carbons (Fsp3) is 0.316. The van der Waals surface area contributed by atoms with Crippen molar-refractivity contribution >= 4 is 17.2 Å². The van der Waals surface area contributed by atoms with Gasteiger partial charge in [0.15, 0.2) is 17.3 Å². The van der Waals surface area contributed by atoms with Crippen molar-refractivity contribution in [3.05, 3.63) is 47.8 Å². The zero-order valence-electron chi connectivity index (χ0n) is 15.0. The molecule has 0 aliphatic carbocycles. The molecule has 2 heterocycles. The first kappa shape index (κ1) is 17.0. The lowest BCUT2D eigenvalue weighted by Gasteiger charge is -2.10. The first-order valence-corrected chi connectivity index (χ1v) is 8.39. The van der Waals surface area contributed by atoms with Crippen LogP contribution in [0.5, 0.6) is 11.5 Å². The molecule has 130 valence electrons. The minimum Gasteiger partial charge on any atom is -0.490 e. The third-order valence-corrected chi connectivity index (χ3v) is 3.77. The molecule has 0 aliphatic rings. The maximum Gasteiger partial charge on any atom is 0.182 e. The highest BCUT2D eigenvalue weighted by molar-refractivity contribution is 5.57. The molecule has 25 heavy (non-hydrogen) atoms. The van der Waals surface area contributed by atoms with Gasteiger partial charge in [-0.1, -0.05) is 6.07 Å². The Morgan fingerprint density at radius 3 is 2.52 bits per heavy atom. The van der Waals surface area contributed by atoms with Gasteiger partial charge in [0.2, 0.25) is 0 Å². The minimum absolute atomic E-state index is 0.562. The van der Waals surface area contributed by atoms with Crippen LogP contribution in [0.1, 0.15) is 25.1 Å². The van der Waals surface area contributed by atoms with E-state index in [1.54, 1.807) is 0 Å². The number of aromatic nitrogens is 2. The topological polar surface area (TPSA) is 60.5 Å². The predicted molar refractivity (Wildman–Crippen MR) is 97.6 cm³/mol. The van der Waals surface area contributed by atoms with Crippen LogP contribution in [0.4, 0.5) is 11.5 Å². The quantitative estimate of drug-likeness (QED) is 0.583. The lowest BCUT2D eigenvalue weighted by atomic mass is 10.3. The smallest absolute Gasteiger partial charge is 0.182 e. The molecule has 0 N–H and O–H groups in total. The number of aryl methyl sites for hydroxylation is 2. The number of imidazole rings is 1. The van der Waals surface area contributed by atoms with Gasteiger partial charge >= 0.3 is 0 Å². The third kappa shape index (κ3) is 3.47. The number of ether oxygens (including phenoxy) is 2. The van der Waals surface area contributed by atoms with Gasteiger partial charge in [-0.3, -0.25) is 4.40 Å². The van der Waals surface area contributed by atoms with Crippen molar-refractivity contribution < 1.29 is 9.47 Å². The molecule has 0 atom stereocenters. The Labute approximate surface area is 147 Å². The van der Waals surface area contributed by atoms with E-state index in [2.05, 4.69) is 15.2 Å². The number of nitrogens with zero attached hydrogens (tertiary/aromatic N) is 4. The van der Waals surface area contributed by atoms with Gasteiger partial charge in [-0.15, -0.1) is 10.2 Å². The Bertz CT molecular complexity index is 915. The van der Waals surface area contributed by atoms with Crippen LogP contribution in [-0.2, 0) is 0 Å². The van der Waals surface area contributed by atoms with Gasteiger partial charge in [0, 0.05) is 12.3 Å². The first-order valence-electron chi connectivity index (χ1n) is 8.39. The fourth-order valence-electron chi connectivity index (χ4n) is 2.63. The van der Waals surface area contributed by atoms with Crippen molar-refractivity contribution in [3.8, 4) is 11.5 Å². The van der Waals surface area contributed by atoms with Crippen LogP contribution in [0.2, 0.25) is 0 Å². The molecule has 1 aromatic carbocycles. The Morgan fingerprint density at radius 1 is 1.00 bits per heavy atom. The second-order valence-corrected chi connectivity index (χ2v) is 5.60. The molecule has 6 heteroatoms. The van der Waals surface area contributed by atoms with Gasteiger partial charge in [0.1, 0.15) is 5.65 Å². The molecule has 3 aromatic rings. The maximum atomic E-state index is 5.63. The molecule has 0 unspecified atom stereocenters. The zero-order valence-corrected chi connectivity index (χ0v) is 15.0. The SMILES string of the molecule is CCOc1ccc(N=Nc2c(C)nc3c(C)cccn23)cc1OCC. The van der Waals surface area contributed by atoms with Crippen LogP contribution < -0.4 is 9.47 Å². The second-order valence-electron chi connectivity index (χ2n) is 5.60. The van der Waals surface area contributed by atoms with Crippen LogP contribution >= 0.6 is 0 Å². The summed E-state index contributed by atoms with van der Waals surface area (Å²) in [6.45, 7) is 8.99. The number of azo groups is 1. The molecular formula is C19H22N4O2. The lowest BCUT2D eigenvalue weighted by molar-refractivity contribution is 0.288. The first-order chi connectivity index (χ1) is 12.1. The van der Waals surface area contributed by atoms with E-state index >= 15 is 0 Å². The van der Waals surface area contributed by atoms with Gasteiger partial charge in [-0.2, -0.15) is 0 Å². The molecule has 2 aromatic heterocycles. The highest BCUT2D eigenvalue weighted by Gasteiger charge is 2.10. The minimum atomic E-state index is 0.562. The number of fused-ring (bicyclic) bond motifs is 1. The molecule has 0 saturated heterocycles. The summed E-state index contributed by atoms with van der Waals surface area (Å²) in [5.74, 6) is 2.11. The molecule has 0 bridgehead atoms. The number of rotatable bonds is 6. The Morgan fingerprint density at radius 2 is 1.76 bits per heavy atom. The van der Waals surface area contributed by atoms with Crippen LogP contribution in [0.25, 0.3) is 5.65 Å². The van der Waals surface area contributed by atoms with Gasteiger partial charge in [0.05, 0.1) is 24.6 Å². The Hall–Kier alpha value is -2.89. The summed E-state index contributed by atoms with van der Waals surface area (Å²) in [6, 6.07) is 9.56. The standard InChI is InChI=1S/C19H22N4O2/c1-5-24-16-10-9-15(12-17(16)25-6-2)21-22-19-14(4)20-18-13(3)8-7-11-23(18)19/h7-12H,5-6H2,1-4H3. The summed E-state index contributed by atoms with van der Waals surface area (Å²) in [7, 11) is 0. The van der Waals surface area contributed by atoms with Crippen molar-refractivity contribution in [3.63, 3.8) is 0 Å². The average Bonchev–Trinajstić information content (AvgIpc) is 2.92. The summed E-state index contributed by atoms with van der Waals surface area (Å²) < 4.78 is 13.2. The molecule has 0 spiro atoms. The van der Waals surface area contributed by atoms with Crippen LogP contribution in [0.3, 0.4) is 0 Å². The van der Waals surface area contributed by atoms with Crippen LogP contribution in [0.15, 0.2) is 46.8 Å². The predicted octanol–water partition coefficient (Wildman–Crippen LogP) is 5.16. The van der Waals surface area contributed by atoms with E-state index in [4.69, 9.17) is 9.47 Å². The van der Waals surface area contributed by atoms with E-state index in [9.17, 15) is 0 Å². The normalized spacial score (nSPS) is 11.4. The molecule has 0 aliphatic heterocycles. The van der Waals surface area contributed by atoms with E-state index in [1.165, 1.54) is 0 Å². The van der Waals surface area contributed by atoms with Gasteiger partial charge in [-0.25, -0.2) is 4.98 Å². The van der Waals surface area contributed by atoms with Gasteiger partial charge in [0.25, 0.3) is 0 Å². The van der Waals surface area contributed by atoms with E-state index in [1.807, 2.05) is 68.6 Å². The van der Waals surface area contributed by atoms with Crippen molar-refractivity contribution in [2.45, 2.75) is 27.7 Å². The number of benzene rings is 1. The Balaban J connectivity index is 1.96. The van der Waals surface area contributed by atoms with E-state index in [0.717, 1.165) is 22.7 Å². The lowest BCUT2D eigenvalue weighted by Crippen LogP contribution is -1.97. The Kier molecular flexibility index (Phi) is 4.97. The highest BCUT2D eigenvalue weighted by Crippen LogP contribution is 2.33. The molecule has 6 nitrogen and oxygen atoms in total. The summed E-state index contributed by atoms with van der Waals surface area (Å²) >= 11 is 0. The molecule has 0 fully saturated rings. The summed E-state index contributed by atoms with van der Waals surface area (Å²) in [5, 5.41) is 8.77. The highest BCUT2D eigenvalue weighted by atomic mass is 16.5.